The third-order valence-corrected chi connectivity index (χ3v) is 5.02. The first-order chi connectivity index (χ1) is 15.7. The minimum Gasteiger partial charge on any atom is -0.463 e. The van der Waals surface area contributed by atoms with Crippen molar-refractivity contribution >= 4 is 24.0 Å². The molecule has 33 heavy (non-hydrogen) atoms. The highest BCUT2D eigenvalue weighted by atomic mass is 16.6. The van der Waals surface area contributed by atoms with Gasteiger partial charge >= 0.3 is 12.1 Å². The first-order valence-corrected chi connectivity index (χ1v) is 11.2. The molecule has 8 nitrogen and oxygen atoms in total. The fraction of sp³-hybridized carbons (Fsp3) is 0.440. The smallest absolute Gasteiger partial charge is 0.416 e. The summed E-state index contributed by atoms with van der Waals surface area (Å²) in [7, 11) is 0. The number of hydrogen-bond donors (Lipinski definition) is 0. The molecule has 2 heterocycles. The largest absolute Gasteiger partial charge is 0.463 e. The van der Waals surface area contributed by atoms with Crippen LogP contribution in [0.15, 0.2) is 48.8 Å². The van der Waals surface area contributed by atoms with Gasteiger partial charge in [0.2, 0.25) is 0 Å². The van der Waals surface area contributed by atoms with Gasteiger partial charge in [-0.1, -0.05) is 30.3 Å². The number of likely N-dealkylation sites (tertiary alicyclic amines) is 1. The van der Waals surface area contributed by atoms with Gasteiger partial charge in [-0.15, -0.1) is 0 Å². The molecule has 1 aliphatic heterocycles. The summed E-state index contributed by atoms with van der Waals surface area (Å²) in [5.74, 6) is -0.0668. The van der Waals surface area contributed by atoms with E-state index >= 15 is 0 Å². The van der Waals surface area contributed by atoms with E-state index in [0.717, 1.165) is 19.5 Å². The summed E-state index contributed by atoms with van der Waals surface area (Å²) < 4.78 is 10.6. The molecule has 1 amide bonds. The van der Waals surface area contributed by atoms with E-state index in [1.807, 2.05) is 39.0 Å². The molecule has 0 spiro atoms. The molecule has 2 aromatic rings. The Morgan fingerprint density at radius 1 is 1.21 bits per heavy atom. The Balaban J connectivity index is 1.81. The van der Waals surface area contributed by atoms with Crippen molar-refractivity contribution in [1.82, 2.24) is 14.9 Å². The van der Waals surface area contributed by atoms with Crippen molar-refractivity contribution in [3.8, 4) is 0 Å². The second-order valence-electron chi connectivity index (χ2n) is 8.90. The monoisotopic (exact) mass is 452 g/mol. The summed E-state index contributed by atoms with van der Waals surface area (Å²) in [4.78, 5) is 37.5. The standard InChI is InChI=1S/C25H32N4O4/c1-5-32-23(30)12-11-20-15-26-16-22(27-20)29(24(31)33-25(2,3)4)21-13-14-28(18-21)17-19-9-7-6-8-10-19/h6-12,15-16,21H,5,13-14,17-18H2,1-4H3/b12-11+/t21-/m1/s1. The van der Waals surface area contributed by atoms with Crippen molar-refractivity contribution in [1.29, 1.82) is 0 Å². The second kappa shape index (κ2) is 11.0. The minimum absolute atomic E-state index is 0.109. The van der Waals surface area contributed by atoms with Gasteiger partial charge in [-0.25, -0.2) is 14.6 Å². The van der Waals surface area contributed by atoms with Crippen LogP contribution < -0.4 is 4.90 Å². The maximum Gasteiger partial charge on any atom is 0.416 e. The zero-order chi connectivity index (χ0) is 23.8. The van der Waals surface area contributed by atoms with Crippen LogP contribution in [0.2, 0.25) is 0 Å². The van der Waals surface area contributed by atoms with E-state index in [1.54, 1.807) is 18.0 Å². The van der Waals surface area contributed by atoms with Crippen LogP contribution in [0.5, 0.6) is 0 Å². The third-order valence-electron chi connectivity index (χ3n) is 5.02. The first kappa shape index (κ1) is 24.4. The van der Waals surface area contributed by atoms with Gasteiger partial charge in [0.15, 0.2) is 5.82 Å². The summed E-state index contributed by atoms with van der Waals surface area (Å²) >= 11 is 0. The number of carbonyl (C=O) groups excluding carboxylic acids is 2. The fourth-order valence-corrected chi connectivity index (χ4v) is 3.66. The lowest BCUT2D eigenvalue weighted by Gasteiger charge is -2.31. The summed E-state index contributed by atoms with van der Waals surface area (Å²) in [6, 6.07) is 10.2. The number of esters is 1. The molecule has 1 fully saturated rings. The Kier molecular flexibility index (Phi) is 8.16. The summed E-state index contributed by atoms with van der Waals surface area (Å²) in [6.45, 7) is 9.91. The average Bonchev–Trinajstić information content (AvgIpc) is 3.20. The Morgan fingerprint density at radius 2 is 1.97 bits per heavy atom. The van der Waals surface area contributed by atoms with E-state index < -0.39 is 17.7 Å². The van der Waals surface area contributed by atoms with Crippen LogP contribution in [0.25, 0.3) is 6.08 Å². The van der Waals surface area contributed by atoms with Crippen LogP contribution in [0.3, 0.4) is 0 Å². The molecule has 0 saturated carbocycles. The van der Waals surface area contributed by atoms with E-state index in [-0.39, 0.29) is 6.04 Å². The molecular formula is C25H32N4O4. The molecule has 0 unspecified atom stereocenters. The van der Waals surface area contributed by atoms with Crippen molar-refractivity contribution in [2.75, 3.05) is 24.6 Å². The lowest BCUT2D eigenvalue weighted by atomic mass is 10.2. The topological polar surface area (TPSA) is 84.9 Å². The molecule has 1 aromatic heterocycles. The molecule has 8 heteroatoms. The number of anilines is 1. The molecule has 0 radical (unpaired) electrons. The normalized spacial score (nSPS) is 16.7. The molecular weight excluding hydrogens is 420 g/mol. The zero-order valence-electron chi connectivity index (χ0n) is 19.7. The highest BCUT2D eigenvalue weighted by Crippen LogP contribution is 2.25. The van der Waals surface area contributed by atoms with Crippen LogP contribution in [-0.4, -0.2) is 58.3 Å². The first-order valence-electron chi connectivity index (χ1n) is 11.2. The van der Waals surface area contributed by atoms with Crippen LogP contribution in [0.4, 0.5) is 10.6 Å². The molecule has 176 valence electrons. The van der Waals surface area contributed by atoms with Gasteiger partial charge in [-0.05, 0) is 45.8 Å². The molecule has 0 N–H and O–H groups in total. The van der Waals surface area contributed by atoms with Gasteiger partial charge < -0.3 is 9.47 Å². The van der Waals surface area contributed by atoms with E-state index in [4.69, 9.17) is 9.47 Å². The fourth-order valence-electron chi connectivity index (χ4n) is 3.66. The van der Waals surface area contributed by atoms with Gasteiger partial charge in [0.1, 0.15) is 5.60 Å². The molecule has 3 rings (SSSR count). The molecule has 0 aliphatic carbocycles. The van der Waals surface area contributed by atoms with E-state index in [9.17, 15) is 9.59 Å². The Morgan fingerprint density at radius 3 is 2.67 bits per heavy atom. The number of hydrogen-bond acceptors (Lipinski definition) is 7. The molecule has 0 bridgehead atoms. The third kappa shape index (κ3) is 7.39. The Hall–Kier alpha value is -3.26. The van der Waals surface area contributed by atoms with Crippen molar-refractivity contribution in [2.45, 2.75) is 52.3 Å². The summed E-state index contributed by atoms with van der Waals surface area (Å²) in [5.41, 5.74) is 1.04. The number of aromatic nitrogens is 2. The lowest BCUT2D eigenvalue weighted by Crippen LogP contribution is -2.45. The molecule has 1 aliphatic rings. The summed E-state index contributed by atoms with van der Waals surface area (Å²) in [6.07, 6.45) is 6.23. The summed E-state index contributed by atoms with van der Waals surface area (Å²) in [5, 5.41) is 0. The number of carbonyl (C=O) groups is 2. The van der Waals surface area contributed by atoms with Gasteiger partial charge in [-0.3, -0.25) is 14.8 Å². The zero-order valence-corrected chi connectivity index (χ0v) is 19.7. The van der Waals surface area contributed by atoms with Crippen LogP contribution in [0, 0.1) is 0 Å². The molecule has 1 aromatic carbocycles. The number of benzene rings is 1. The predicted molar refractivity (Wildman–Crippen MR) is 127 cm³/mol. The van der Waals surface area contributed by atoms with Crippen molar-refractivity contribution in [3.05, 3.63) is 60.1 Å². The number of amides is 1. The second-order valence-corrected chi connectivity index (χ2v) is 8.90. The lowest BCUT2D eigenvalue weighted by molar-refractivity contribution is -0.137. The minimum atomic E-state index is -0.646. The van der Waals surface area contributed by atoms with Crippen LogP contribution in [0.1, 0.15) is 45.4 Å². The number of ether oxygens (including phenoxy) is 2. The van der Waals surface area contributed by atoms with Gasteiger partial charge in [-0.2, -0.15) is 0 Å². The Labute approximate surface area is 195 Å². The van der Waals surface area contributed by atoms with E-state index in [1.165, 1.54) is 23.9 Å². The van der Waals surface area contributed by atoms with Crippen LogP contribution >= 0.6 is 0 Å². The van der Waals surface area contributed by atoms with Crippen molar-refractivity contribution in [2.24, 2.45) is 0 Å². The maximum absolute atomic E-state index is 13.2. The SMILES string of the molecule is CCOC(=O)/C=C/c1cncc(N(C(=O)OC(C)(C)C)[C@@H]2CCN(Cc3ccccc3)C2)n1. The van der Waals surface area contributed by atoms with E-state index in [0.29, 0.717) is 24.7 Å². The van der Waals surface area contributed by atoms with E-state index in [2.05, 4.69) is 27.0 Å². The van der Waals surface area contributed by atoms with Gasteiger partial charge in [0.05, 0.1) is 30.7 Å². The van der Waals surface area contributed by atoms with Crippen LogP contribution in [-0.2, 0) is 20.8 Å². The quantitative estimate of drug-likeness (QED) is 0.462. The average molecular weight is 453 g/mol. The predicted octanol–water partition coefficient (Wildman–Crippen LogP) is 4.07. The number of nitrogens with zero attached hydrogens (tertiary/aromatic N) is 4. The highest BCUT2D eigenvalue weighted by molar-refractivity contribution is 5.88. The van der Waals surface area contributed by atoms with Crippen molar-refractivity contribution in [3.63, 3.8) is 0 Å². The molecule has 1 atom stereocenters. The van der Waals surface area contributed by atoms with Gasteiger partial charge in [0, 0.05) is 25.7 Å². The van der Waals surface area contributed by atoms with Crippen molar-refractivity contribution < 1.29 is 19.1 Å². The Bertz CT molecular complexity index is 972. The maximum atomic E-state index is 13.2. The number of rotatable bonds is 7. The van der Waals surface area contributed by atoms with Gasteiger partial charge in [0.25, 0.3) is 0 Å². The highest BCUT2D eigenvalue weighted by Gasteiger charge is 2.35. The molecule has 1 saturated heterocycles.